The van der Waals surface area contributed by atoms with Crippen LogP contribution in [0.2, 0.25) is 0 Å². The van der Waals surface area contributed by atoms with Gasteiger partial charge in [0.05, 0.1) is 6.10 Å². The molecule has 0 saturated heterocycles. The maximum absolute atomic E-state index is 12.0. The zero-order valence-corrected chi connectivity index (χ0v) is 9.61. The van der Waals surface area contributed by atoms with E-state index < -0.39 is 18.7 Å². The van der Waals surface area contributed by atoms with Gasteiger partial charge in [0.2, 0.25) is 0 Å². The molecule has 0 spiro atoms. The molecule has 0 aliphatic carbocycles. The van der Waals surface area contributed by atoms with Crippen molar-refractivity contribution in [1.29, 1.82) is 0 Å². The minimum atomic E-state index is -4.21. The van der Waals surface area contributed by atoms with Gasteiger partial charge in [0.1, 0.15) is 0 Å². The highest BCUT2D eigenvalue weighted by Gasteiger charge is 2.28. The summed E-state index contributed by atoms with van der Waals surface area (Å²) in [5.74, 6) is 0. The Bertz CT molecular complexity index is 338. The van der Waals surface area contributed by atoms with Crippen molar-refractivity contribution in [1.82, 2.24) is 0 Å². The smallest absolute Gasteiger partial charge is 0.388 e. The lowest BCUT2D eigenvalue weighted by Gasteiger charge is -2.15. The Labute approximate surface area is 96.7 Å². The molecule has 0 saturated carbocycles. The van der Waals surface area contributed by atoms with Crippen LogP contribution in [0.25, 0.3) is 0 Å². The van der Waals surface area contributed by atoms with E-state index in [0.29, 0.717) is 5.56 Å². The third-order valence-corrected chi connectivity index (χ3v) is 3.01. The van der Waals surface area contributed by atoms with Gasteiger partial charge in [-0.05, 0) is 24.3 Å². The summed E-state index contributed by atoms with van der Waals surface area (Å²) in [5, 5.41) is 9.68. The van der Waals surface area contributed by atoms with E-state index in [1.165, 1.54) is 11.8 Å². The van der Waals surface area contributed by atoms with Crippen LogP contribution in [-0.4, -0.2) is 17.5 Å². The second kappa shape index (κ2) is 5.59. The average molecular weight is 250 g/mol. The maximum atomic E-state index is 12.0. The van der Waals surface area contributed by atoms with Crippen LogP contribution in [0.4, 0.5) is 13.2 Å². The standard InChI is InChI=1S/C11H13F3OS/c1-16-10-5-3-2-4-8(10)9(15)6-7-11(12,13)14/h2-5,9,15H,6-7H2,1H3. The number of aliphatic hydroxyl groups is 1. The van der Waals surface area contributed by atoms with Crippen LogP contribution >= 0.6 is 11.8 Å². The molecule has 0 radical (unpaired) electrons. The quantitative estimate of drug-likeness (QED) is 0.820. The number of benzene rings is 1. The third-order valence-electron chi connectivity index (χ3n) is 2.20. The molecule has 0 aromatic heterocycles. The molecule has 0 aliphatic heterocycles. The van der Waals surface area contributed by atoms with Gasteiger partial charge < -0.3 is 5.11 Å². The normalized spacial score (nSPS) is 13.8. The van der Waals surface area contributed by atoms with Gasteiger partial charge in [-0.1, -0.05) is 18.2 Å². The first-order valence-electron chi connectivity index (χ1n) is 4.82. The SMILES string of the molecule is CSc1ccccc1C(O)CCC(F)(F)F. The molecule has 90 valence electrons. The van der Waals surface area contributed by atoms with Crippen molar-refractivity contribution in [2.75, 3.05) is 6.26 Å². The number of hydrogen-bond donors (Lipinski definition) is 1. The van der Waals surface area contributed by atoms with Crippen molar-refractivity contribution >= 4 is 11.8 Å². The van der Waals surface area contributed by atoms with E-state index in [9.17, 15) is 18.3 Å². The van der Waals surface area contributed by atoms with Crippen LogP contribution in [0.3, 0.4) is 0 Å². The van der Waals surface area contributed by atoms with E-state index in [1.807, 2.05) is 6.26 Å². The maximum Gasteiger partial charge on any atom is 0.389 e. The van der Waals surface area contributed by atoms with Crippen LogP contribution in [0.5, 0.6) is 0 Å². The summed E-state index contributed by atoms with van der Waals surface area (Å²) in [6, 6.07) is 6.96. The zero-order valence-electron chi connectivity index (χ0n) is 8.79. The number of thioether (sulfide) groups is 1. The summed E-state index contributed by atoms with van der Waals surface area (Å²) in [5.41, 5.74) is 0.569. The Morgan fingerprint density at radius 1 is 1.31 bits per heavy atom. The van der Waals surface area contributed by atoms with Gasteiger partial charge in [-0.3, -0.25) is 0 Å². The van der Waals surface area contributed by atoms with Crippen molar-refractivity contribution in [3.05, 3.63) is 29.8 Å². The van der Waals surface area contributed by atoms with Gasteiger partial charge in [0, 0.05) is 11.3 Å². The summed E-state index contributed by atoms with van der Waals surface area (Å²) in [4.78, 5) is 0.817. The minimum absolute atomic E-state index is 0.291. The highest BCUT2D eigenvalue weighted by Crippen LogP contribution is 2.31. The first-order valence-corrected chi connectivity index (χ1v) is 6.04. The van der Waals surface area contributed by atoms with Crippen molar-refractivity contribution in [2.45, 2.75) is 30.0 Å². The van der Waals surface area contributed by atoms with E-state index in [0.717, 1.165) is 4.90 Å². The number of hydrogen-bond acceptors (Lipinski definition) is 2. The van der Waals surface area contributed by atoms with Crippen LogP contribution in [0, 0.1) is 0 Å². The van der Waals surface area contributed by atoms with Gasteiger partial charge in [0.25, 0.3) is 0 Å². The molecular formula is C11H13F3OS. The molecule has 1 rings (SSSR count). The first kappa shape index (κ1) is 13.4. The molecule has 0 amide bonds. The molecule has 5 heteroatoms. The zero-order chi connectivity index (χ0) is 12.2. The lowest BCUT2D eigenvalue weighted by Crippen LogP contribution is -2.10. The number of halogens is 3. The van der Waals surface area contributed by atoms with Crippen molar-refractivity contribution in [3.8, 4) is 0 Å². The van der Waals surface area contributed by atoms with E-state index in [-0.39, 0.29) is 6.42 Å². The molecule has 0 aliphatic rings. The van der Waals surface area contributed by atoms with Crippen LogP contribution < -0.4 is 0 Å². The Balaban J connectivity index is 2.69. The van der Waals surface area contributed by atoms with E-state index in [4.69, 9.17) is 0 Å². The highest BCUT2D eigenvalue weighted by atomic mass is 32.2. The fraction of sp³-hybridized carbons (Fsp3) is 0.455. The molecule has 1 N–H and O–H groups in total. The monoisotopic (exact) mass is 250 g/mol. The van der Waals surface area contributed by atoms with Crippen molar-refractivity contribution in [2.24, 2.45) is 0 Å². The van der Waals surface area contributed by atoms with Crippen LogP contribution in [0.15, 0.2) is 29.2 Å². The predicted molar refractivity (Wildman–Crippen MR) is 58.5 cm³/mol. The van der Waals surface area contributed by atoms with Crippen molar-refractivity contribution < 1.29 is 18.3 Å². The fourth-order valence-corrected chi connectivity index (χ4v) is 2.05. The average Bonchev–Trinajstić information content (AvgIpc) is 2.25. The molecule has 0 heterocycles. The number of aliphatic hydroxyl groups excluding tert-OH is 1. The Morgan fingerprint density at radius 2 is 1.94 bits per heavy atom. The Hall–Kier alpha value is -0.680. The summed E-state index contributed by atoms with van der Waals surface area (Å²) >= 11 is 1.42. The lowest BCUT2D eigenvalue weighted by atomic mass is 10.0. The minimum Gasteiger partial charge on any atom is -0.388 e. The van der Waals surface area contributed by atoms with E-state index in [2.05, 4.69) is 0 Å². The molecule has 1 aromatic carbocycles. The molecule has 1 nitrogen and oxygen atoms in total. The number of alkyl halides is 3. The van der Waals surface area contributed by atoms with Gasteiger partial charge in [-0.15, -0.1) is 11.8 Å². The fourth-order valence-electron chi connectivity index (χ4n) is 1.40. The Kier molecular flexibility index (Phi) is 4.68. The lowest BCUT2D eigenvalue weighted by molar-refractivity contribution is -0.140. The third kappa shape index (κ3) is 4.06. The summed E-state index contributed by atoms with van der Waals surface area (Å²) in [7, 11) is 0. The second-order valence-corrected chi connectivity index (χ2v) is 4.26. The van der Waals surface area contributed by atoms with Crippen molar-refractivity contribution in [3.63, 3.8) is 0 Å². The Morgan fingerprint density at radius 3 is 2.50 bits per heavy atom. The predicted octanol–water partition coefficient (Wildman–Crippen LogP) is 3.78. The van der Waals surface area contributed by atoms with Crippen LogP contribution in [0.1, 0.15) is 24.5 Å². The summed E-state index contributed by atoms with van der Waals surface area (Å²) < 4.78 is 36.0. The topological polar surface area (TPSA) is 20.2 Å². The van der Waals surface area contributed by atoms with Gasteiger partial charge in [-0.25, -0.2) is 0 Å². The summed E-state index contributed by atoms with van der Waals surface area (Å²) in [6.45, 7) is 0. The molecule has 16 heavy (non-hydrogen) atoms. The summed E-state index contributed by atoms with van der Waals surface area (Å²) in [6.07, 6.45) is -4.69. The molecular weight excluding hydrogens is 237 g/mol. The van der Waals surface area contributed by atoms with E-state index >= 15 is 0 Å². The van der Waals surface area contributed by atoms with E-state index in [1.54, 1.807) is 24.3 Å². The molecule has 0 fully saturated rings. The molecule has 1 aromatic rings. The second-order valence-electron chi connectivity index (χ2n) is 3.41. The van der Waals surface area contributed by atoms with Crippen LogP contribution in [-0.2, 0) is 0 Å². The molecule has 0 bridgehead atoms. The van der Waals surface area contributed by atoms with Gasteiger partial charge >= 0.3 is 6.18 Å². The van der Waals surface area contributed by atoms with Gasteiger partial charge in [0.15, 0.2) is 0 Å². The van der Waals surface area contributed by atoms with Gasteiger partial charge in [-0.2, -0.15) is 13.2 Å². The largest absolute Gasteiger partial charge is 0.389 e. The highest BCUT2D eigenvalue weighted by molar-refractivity contribution is 7.98. The molecule has 1 unspecified atom stereocenters. The number of rotatable bonds is 4. The first-order chi connectivity index (χ1) is 7.44. The molecule has 1 atom stereocenters.